The second-order valence-electron chi connectivity index (χ2n) is 4.14. The van der Waals surface area contributed by atoms with E-state index < -0.39 is 0 Å². The highest BCUT2D eigenvalue weighted by molar-refractivity contribution is 5.96. The van der Waals surface area contributed by atoms with Crippen molar-refractivity contribution in [3.05, 3.63) is 70.1 Å². The van der Waals surface area contributed by atoms with Crippen LogP contribution in [0.3, 0.4) is 0 Å². The second-order valence-corrected chi connectivity index (χ2v) is 4.14. The Morgan fingerprint density at radius 1 is 1.21 bits per heavy atom. The van der Waals surface area contributed by atoms with Crippen molar-refractivity contribution in [3.8, 4) is 0 Å². The van der Waals surface area contributed by atoms with E-state index in [0.717, 1.165) is 12.0 Å². The van der Waals surface area contributed by atoms with Gasteiger partial charge in [-0.25, -0.2) is 0 Å². The molecule has 0 aliphatic heterocycles. The molecular weight excluding hydrogens is 242 g/mol. The summed E-state index contributed by atoms with van der Waals surface area (Å²) in [5.74, 6) is -0.168. The van der Waals surface area contributed by atoms with Crippen LogP contribution in [0.2, 0.25) is 0 Å². The Labute approximate surface area is 110 Å². The van der Waals surface area contributed by atoms with Gasteiger partial charge in [0, 0.05) is 12.7 Å². The van der Waals surface area contributed by atoms with Gasteiger partial charge in [0.25, 0.3) is 5.56 Å². The van der Waals surface area contributed by atoms with E-state index in [2.05, 4.69) is 5.16 Å². The third-order valence-corrected chi connectivity index (χ3v) is 2.89. The fraction of sp³-hybridized carbons (Fsp3) is 0.143. The summed E-state index contributed by atoms with van der Waals surface area (Å²) in [6.07, 6.45) is 2.44. The summed E-state index contributed by atoms with van der Waals surface area (Å²) in [4.78, 5) is 12.1. The van der Waals surface area contributed by atoms with Gasteiger partial charge >= 0.3 is 0 Å². The van der Waals surface area contributed by atoms with E-state index in [0.29, 0.717) is 6.54 Å². The molecule has 0 aliphatic rings. The lowest BCUT2D eigenvalue weighted by atomic mass is 10.1. The van der Waals surface area contributed by atoms with E-state index in [1.54, 1.807) is 16.8 Å². The molecule has 98 valence electrons. The lowest BCUT2D eigenvalue weighted by Gasteiger charge is -2.07. The Hall–Kier alpha value is -2.56. The quantitative estimate of drug-likeness (QED) is 0.373. The van der Waals surface area contributed by atoms with Gasteiger partial charge in [0.2, 0.25) is 0 Å². The van der Waals surface area contributed by atoms with Crippen LogP contribution in [0.1, 0.15) is 11.1 Å². The molecule has 2 aromatic rings. The van der Waals surface area contributed by atoms with E-state index in [9.17, 15) is 4.79 Å². The zero-order valence-corrected chi connectivity index (χ0v) is 10.4. The number of aryl methyl sites for hydroxylation is 2. The first kappa shape index (κ1) is 12.9. The van der Waals surface area contributed by atoms with Crippen molar-refractivity contribution in [2.45, 2.75) is 13.0 Å². The first-order valence-corrected chi connectivity index (χ1v) is 5.93. The van der Waals surface area contributed by atoms with Crippen LogP contribution in [-0.2, 0) is 13.0 Å². The van der Waals surface area contributed by atoms with E-state index in [1.807, 2.05) is 30.3 Å². The average Bonchev–Trinajstić information content (AvgIpc) is 2.46. The molecule has 2 rings (SSSR count). The third-order valence-electron chi connectivity index (χ3n) is 2.89. The Bertz CT molecular complexity index is 633. The minimum Gasteiger partial charge on any atom is -0.409 e. The van der Waals surface area contributed by atoms with Gasteiger partial charge in [0.1, 0.15) is 0 Å². The van der Waals surface area contributed by atoms with Crippen molar-refractivity contribution < 1.29 is 5.21 Å². The summed E-state index contributed by atoms with van der Waals surface area (Å²) in [6.45, 7) is 0.551. The highest BCUT2D eigenvalue weighted by Gasteiger charge is 2.07. The van der Waals surface area contributed by atoms with Gasteiger partial charge in [0.15, 0.2) is 5.84 Å². The first-order valence-electron chi connectivity index (χ1n) is 5.93. The van der Waals surface area contributed by atoms with Crippen LogP contribution in [0.5, 0.6) is 0 Å². The smallest absolute Gasteiger partial charge is 0.261 e. The molecule has 0 amide bonds. The zero-order chi connectivity index (χ0) is 13.7. The minimum atomic E-state index is -0.256. The first-order chi connectivity index (χ1) is 9.22. The molecule has 0 atom stereocenters. The van der Waals surface area contributed by atoms with E-state index in [4.69, 9.17) is 10.9 Å². The average molecular weight is 257 g/mol. The molecule has 1 aromatic carbocycles. The van der Waals surface area contributed by atoms with E-state index >= 15 is 0 Å². The predicted octanol–water partition coefficient (Wildman–Crippen LogP) is 1.19. The highest BCUT2D eigenvalue weighted by atomic mass is 16.4. The molecule has 0 saturated heterocycles. The van der Waals surface area contributed by atoms with Gasteiger partial charge in [-0.1, -0.05) is 35.5 Å². The standard InChI is InChI=1S/C14H15N3O2/c15-13(16-19)12-7-4-9-17(14(12)18)10-8-11-5-2-1-3-6-11/h1-7,9,19H,8,10H2,(H2,15,16). The Morgan fingerprint density at radius 2 is 1.95 bits per heavy atom. The molecule has 1 heterocycles. The lowest BCUT2D eigenvalue weighted by Crippen LogP contribution is -2.30. The van der Waals surface area contributed by atoms with Crippen molar-refractivity contribution in [2.75, 3.05) is 0 Å². The van der Waals surface area contributed by atoms with Crippen LogP contribution in [-0.4, -0.2) is 15.6 Å². The van der Waals surface area contributed by atoms with Crippen molar-refractivity contribution in [3.63, 3.8) is 0 Å². The lowest BCUT2D eigenvalue weighted by molar-refractivity contribution is 0.318. The molecule has 19 heavy (non-hydrogen) atoms. The van der Waals surface area contributed by atoms with Gasteiger partial charge < -0.3 is 15.5 Å². The summed E-state index contributed by atoms with van der Waals surface area (Å²) in [7, 11) is 0. The Balaban J connectivity index is 2.20. The zero-order valence-electron chi connectivity index (χ0n) is 10.4. The molecule has 0 aliphatic carbocycles. The third kappa shape index (κ3) is 3.01. The maximum absolute atomic E-state index is 12.1. The van der Waals surface area contributed by atoms with E-state index in [-0.39, 0.29) is 17.0 Å². The van der Waals surface area contributed by atoms with Gasteiger partial charge in [-0.2, -0.15) is 0 Å². The van der Waals surface area contributed by atoms with Crippen molar-refractivity contribution in [1.82, 2.24) is 4.57 Å². The molecule has 0 bridgehead atoms. The maximum Gasteiger partial charge on any atom is 0.261 e. The SMILES string of the molecule is N/C(=N/O)c1cccn(CCc2ccccc2)c1=O. The molecule has 0 fully saturated rings. The molecule has 1 aromatic heterocycles. The van der Waals surface area contributed by atoms with Crippen molar-refractivity contribution >= 4 is 5.84 Å². The number of oxime groups is 1. The molecule has 3 N–H and O–H groups in total. The highest BCUT2D eigenvalue weighted by Crippen LogP contribution is 2.01. The fourth-order valence-corrected chi connectivity index (χ4v) is 1.86. The number of hydrogen-bond acceptors (Lipinski definition) is 3. The van der Waals surface area contributed by atoms with Crippen LogP contribution in [0.4, 0.5) is 0 Å². The van der Waals surface area contributed by atoms with Crippen LogP contribution >= 0.6 is 0 Å². The van der Waals surface area contributed by atoms with Crippen molar-refractivity contribution in [1.29, 1.82) is 0 Å². The summed E-state index contributed by atoms with van der Waals surface area (Å²) < 4.78 is 1.56. The number of pyridine rings is 1. The van der Waals surface area contributed by atoms with Crippen molar-refractivity contribution in [2.24, 2.45) is 10.9 Å². The number of aromatic nitrogens is 1. The minimum absolute atomic E-state index is 0.168. The molecule has 0 radical (unpaired) electrons. The topological polar surface area (TPSA) is 80.6 Å². The monoisotopic (exact) mass is 257 g/mol. The number of rotatable bonds is 4. The largest absolute Gasteiger partial charge is 0.409 e. The van der Waals surface area contributed by atoms with Crippen LogP contribution in [0, 0.1) is 0 Å². The molecule has 5 heteroatoms. The fourth-order valence-electron chi connectivity index (χ4n) is 1.86. The summed E-state index contributed by atoms with van der Waals surface area (Å²) in [5, 5.41) is 11.5. The number of amidine groups is 1. The summed E-state index contributed by atoms with van der Waals surface area (Å²) in [6, 6.07) is 13.2. The van der Waals surface area contributed by atoms with Crippen LogP contribution < -0.4 is 11.3 Å². The van der Waals surface area contributed by atoms with E-state index in [1.165, 1.54) is 6.07 Å². The molecule has 0 unspecified atom stereocenters. The van der Waals surface area contributed by atoms with Gasteiger partial charge in [-0.3, -0.25) is 4.79 Å². The van der Waals surface area contributed by atoms with Gasteiger partial charge in [-0.05, 0) is 24.1 Å². The second kappa shape index (κ2) is 5.86. The van der Waals surface area contributed by atoms with Gasteiger partial charge in [0.05, 0.1) is 5.56 Å². The van der Waals surface area contributed by atoms with Gasteiger partial charge in [-0.15, -0.1) is 0 Å². The van der Waals surface area contributed by atoms with Crippen LogP contribution in [0.15, 0.2) is 58.6 Å². The molecule has 0 saturated carbocycles. The Kier molecular flexibility index (Phi) is 3.97. The van der Waals surface area contributed by atoms with Crippen LogP contribution in [0.25, 0.3) is 0 Å². The molecule has 5 nitrogen and oxygen atoms in total. The number of hydrogen-bond donors (Lipinski definition) is 2. The maximum atomic E-state index is 12.1. The molecule has 0 spiro atoms. The number of nitrogens with two attached hydrogens (primary N) is 1. The normalized spacial score (nSPS) is 11.5. The molecular formula is C14H15N3O2. The number of nitrogens with zero attached hydrogens (tertiary/aromatic N) is 2. The Morgan fingerprint density at radius 3 is 2.63 bits per heavy atom. The predicted molar refractivity (Wildman–Crippen MR) is 73.4 cm³/mol. The summed E-state index contributed by atoms with van der Waals surface area (Å²) in [5.41, 5.74) is 6.56. The summed E-state index contributed by atoms with van der Waals surface area (Å²) >= 11 is 0. The number of benzene rings is 1.